The molecular formula is C21H25NS. The van der Waals surface area contributed by atoms with E-state index < -0.39 is 0 Å². The number of nitrogens with one attached hydrogen (secondary N) is 1. The van der Waals surface area contributed by atoms with Gasteiger partial charge in [-0.05, 0) is 74.0 Å². The van der Waals surface area contributed by atoms with Gasteiger partial charge >= 0.3 is 0 Å². The third kappa shape index (κ3) is 2.66. The van der Waals surface area contributed by atoms with E-state index in [4.69, 9.17) is 0 Å². The molecule has 1 N–H and O–H groups in total. The molecule has 1 nitrogen and oxygen atoms in total. The molecule has 2 aromatic rings. The second-order valence-electron chi connectivity index (χ2n) is 8.18. The fraction of sp³-hybridized carbons (Fsp3) is 0.524. The van der Waals surface area contributed by atoms with Gasteiger partial charge in [0.1, 0.15) is 0 Å². The molecule has 0 aliphatic heterocycles. The summed E-state index contributed by atoms with van der Waals surface area (Å²) in [6.07, 6.45) is 8.90. The lowest BCUT2D eigenvalue weighted by atomic mass is 9.53. The van der Waals surface area contributed by atoms with E-state index >= 15 is 0 Å². The van der Waals surface area contributed by atoms with E-state index in [2.05, 4.69) is 47.8 Å². The molecule has 23 heavy (non-hydrogen) atoms. The molecular weight excluding hydrogens is 298 g/mol. The van der Waals surface area contributed by atoms with Gasteiger partial charge in [-0.3, -0.25) is 0 Å². The summed E-state index contributed by atoms with van der Waals surface area (Å²) in [7, 11) is 0. The molecule has 4 saturated carbocycles. The lowest BCUT2D eigenvalue weighted by Crippen LogP contribution is -2.58. The van der Waals surface area contributed by atoms with E-state index in [0.29, 0.717) is 5.54 Å². The molecule has 4 fully saturated rings. The van der Waals surface area contributed by atoms with Crippen LogP contribution < -0.4 is 5.32 Å². The predicted octanol–water partition coefficient (Wildman–Crippen LogP) is 5.47. The first kappa shape index (κ1) is 14.2. The zero-order valence-electron chi connectivity index (χ0n) is 13.6. The fourth-order valence-electron chi connectivity index (χ4n) is 5.83. The van der Waals surface area contributed by atoms with Gasteiger partial charge in [-0.2, -0.15) is 0 Å². The molecule has 2 heteroatoms. The number of rotatable bonds is 4. The minimum atomic E-state index is 0.478. The highest BCUT2D eigenvalue weighted by Gasteiger charge is 2.50. The van der Waals surface area contributed by atoms with Gasteiger partial charge in [-0.15, -0.1) is 11.3 Å². The zero-order chi connectivity index (χ0) is 15.3. The minimum Gasteiger partial charge on any atom is -0.306 e. The van der Waals surface area contributed by atoms with Crippen molar-refractivity contribution in [1.82, 2.24) is 5.32 Å². The first-order chi connectivity index (χ1) is 11.3. The van der Waals surface area contributed by atoms with Gasteiger partial charge in [0, 0.05) is 21.8 Å². The molecule has 0 radical (unpaired) electrons. The van der Waals surface area contributed by atoms with Gasteiger partial charge < -0.3 is 5.32 Å². The molecule has 1 heterocycles. The maximum Gasteiger partial charge on any atom is 0.0346 e. The van der Waals surface area contributed by atoms with Crippen LogP contribution in [0.5, 0.6) is 0 Å². The van der Waals surface area contributed by atoms with Crippen molar-refractivity contribution in [3.8, 4) is 10.4 Å². The second kappa shape index (κ2) is 5.46. The summed E-state index contributed by atoms with van der Waals surface area (Å²) in [5, 5.41) is 4.02. The van der Waals surface area contributed by atoms with Gasteiger partial charge in [-0.1, -0.05) is 30.3 Å². The van der Waals surface area contributed by atoms with Crippen LogP contribution in [0.1, 0.15) is 43.4 Å². The molecule has 6 rings (SSSR count). The van der Waals surface area contributed by atoms with E-state index in [9.17, 15) is 0 Å². The molecule has 0 atom stereocenters. The van der Waals surface area contributed by atoms with E-state index in [1.807, 2.05) is 11.3 Å². The van der Waals surface area contributed by atoms with Crippen molar-refractivity contribution in [2.45, 2.75) is 50.6 Å². The Labute approximate surface area is 143 Å². The summed E-state index contributed by atoms with van der Waals surface area (Å²) in [6.45, 7) is 1.06. The second-order valence-corrected chi connectivity index (χ2v) is 9.35. The summed E-state index contributed by atoms with van der Waals surface area (Å²) < 4.78 is 0. The lowest BCUT2D eigenvalue weighted by Gasteiger charge is -2.57. The molecule has 0 amide bonds. The van der Waals surface area contributed by atoms with Crippen molar-refractivity contribution in [2.24, 2.45) is 17.8 Å². The summed E-state index contributed by atoms with van der Waals surface area (Å²) in [5.41, 5.74) is 1.82. The normalized spacial score (nSPS) is 34.9. The highest BCUT2D eigenvalue weighted by atomic mass is 32.1. The van der Waals surface area contributed by atoms with E-state index in [0.717, 1.165) is 24.3 Å². The van der Waals surface area contributed by atoms with Gasteiger partial charge in [0.2, 0.25) is 0 Å². The molecule has 4 aliphatic carbocycles. The van der Waals surface area contributed by atoms with E-state index in [-0.39, 0.29) is 0 Å². The Hall–Kier alpha value is -1.12. The van der Waals surface area contributed by atoms with Crippen molar-refractivity contribution in [3.63, 3.8) is 0 Å². The number of thiophene rings is 1. The van der Waals surface area contributed by atoms with Crippen molar-refractivity contribution in [3.05, 3.63) is 47.3 Å². The first-order valence-corrected chi connectivity index (χ1v) is 9.99. The quantitative estimate of drug-likeness (QED) is 0.786. The molecule has 1 aromatic carbocycles. The Balaban J connectivity index is 1.29. The van der Waals surface area contributed by atoms with E-state index in [1.54, 1.807) is 0 Å². The van der Waals surface area contributed by atoms with Gasteiger partial charge in [0.15, 0.2) is 0 Å². The maximum absolute atomic E-state index is 4.02. The van der Waals surface area contributed by atoms with Crippen molar-refractivity contribution < 1.29 is 0 Å². The Morgan fingerprint density at radius 1 is 0.870 bits per heavy atom. The van der Waals surface area contributed by atoms with Crippen LogP contribution in [-0.2, 0) is 6.54 Å². The SMILES string of the molecule is c1ccc(-c2ccc(CNC34CC5CC(CC(C5)C3)C4)s2)cc1. The van der Waals surface area contributed by atoms with Gasteiger partial charge in [0.25, 0.3) is 0 Å². The summed E-state index contributed by atoms with van der Waals surface area (Å²) >= 11 is 1.95. The molecule has 0 saturated heterocycles. The number of benzene rings is 1. The first-order valence-electron chi connectivity index (χ1n) is 9.17. The molecule has 0 spiro atoms. The molecule has 1 aromatic heterocycles. The van der Waals surface area contributed by atoms with E-state index in [1.165, 1.54) is 53.8 Å². The minimum absolute atomic E-state index is 0.478. The monoisotopic (exact) mass is 323 g/mol. The van der Waals surface area contributed by atoms with Crippen LogP contribution in [0.25, 0.3) is 10.4 Å². The Kier molecular flexibility index (Phi) is 3.38. The van der Waals surface area contributed by atoms with Crippen molar-refractivity contribution in [2.75, 3.05) is 0 Å². The van der Waals surface area contributed by atoms with Gasteiger partial charge in [0.05, 0.1) is 0 Å². The van der Waals surface area contributed by atoms with Crippen LogP contribution in [-0.4, -0.2) is 5.54 Å². The standard InChI is InChI=1S/C21H25NS/c1-2-4-18(5-3-1)20-7-6-19(23-20)14-22-21-11-15-8-16(12-21)10-17(9-15)13-21/h1-7,15-17,22H,8-14H2. The largest absolute Gasteiger partial charge is 0.306 e. The van der Waals surface area contributed by atoms with Crippen LogP contribution in [0.3, 0.4) is 0 Å². The average Bonchev–Trinajstić information content (AvgIpc) is 3.02. The number of hydrogen-bond donors (Lipinski definition) is 1. The van der Waals surface area contributed by atoms with Crippen LogP contribution in [0.4, 0.5) is 0 Å². The predicted molar refractivity (Wildman–Crippen MR) is 97.5 cm³/mol. The molecule has 4 aliphatic rings. The van der Waals surface area contributed by atoms with Crippen LogP contribution in [0, 0.1) is 17.8 Å². The Bertz CT molecular complexity index is 652. The topological polar surface area (TPSA) is 12.0 Å². The van der Waals surface area contributed by atoms with Crippen molar-refractivity contribution in [1.29, 1.82) is 0 Å². The highest BCUT2D eigenvalue weighted by molar-refractivity contribution is 7.15. The van der Waals surface area contributed by atoms with Gasteiger partial charge in [-0.25, -0.2) is 0 Å². The van der Waals surface area contributed by atoms with Crippen LogP contribution >= 0.6 is 11.3 Å². The summed E-state index contributed by atoms with van der Waals surface area (Å²) in [4.78, 5) is 2.88. The Morgan fingerprint density at radius 2 is 1.52 bits per heavy atom. The van der Waals surface area contributed by atoms with Crippen LogP contribution in [0.15, 0.2) is 42.5 Å². The lowest BCUT2D eigenvalue weighted by molar-refractivity contribution is -0.0204. The number of hydrogen-bond acceptors (Lipinski definition) is 2. The third-order valence-corrected chi connectivity index (χ3v) is 7.53. The third-order valence-electron chi connectivity index (χ3n) is 6.40. The Morgan fingerprint density at radius 3 is 2.17 bits per heavy atom. The molecule has 0 unspecified atom stereocenters. The highest BCUT2D eigenvalue weighted by Crippen LogP contribution is 2.55. The maximum atomic E-state index is 4.02. The smallest absolute Gasteiger partial charge is 0.0346 e. The summed E-state index contributed by atoms with van der Waals surface area (Å²) in [5.74, 6) is 3.07. The summed E-state index contributed by atoms with van der Waals surface area (Å²) in [6, 6.07) is 15.4. The molecule has 4 bridgehead atoms. The fourth-order valence-corrected chi connectivity index (χ4v) is 6.79. The van der Waals surface area contributed by atoms with Crippen molar-refractivity contribution >= 4 is 11.3 Å². The average molecular weight is 324 g/mol. The van der Waals surface area contributed by atoms with Crippen LogP contribution in [0.2, 0.25) is 0 Å². The zero-order valence-corrected chi connectivity index (χ0v) is 14.4. The molecule has 120 valence electrons.